The van der Waals surface area contributed by atoms with E-state index in [0.717, 1.165) is 48.9 Å². The lowest BCUT2D eigenvalue weighted by Gasteiger charge is -2.51. The van der Waals surface area contributed by atoms with Crippen molar-refractivity contribution in [1.82, 2.24) is 4.90 Å². The van der Waals surface area contributed by atoms with Crippen LogP contribution in [0.25, 0.3) is 0 Å². The number of fused-ring (bicyclic) bond motifs is 3. The highest BCUT2D eigenvalue weighted by Crippen LogP contribution is 2.53. The molecular weight excluding hydrogens is 556 g/mol. The Morgan fingerprint density at radius 2 is 1.93 bits per heavy atom. The molecule has 2 fully saturated rings. The Kier molecular flexibility index (Phi) is 8.89. The van der Waals surface area contributed by atoms with Crippen LogP contribution in [0.1, 0.15) is 57.6 Å². The van der Waals surface area contributed by atoms with Gasteiger partial charge in [0.05, 0.1) is 12.7 Å². The number of benzene rings is 2. The predicted octanol–water partition coefficient (Wildman–Crippen LogP) is 7.42. The van der Waals surface area contributed by atoms with Crippen LogP contribution in [-0.4, -0.2) is 60.0 Å². The fourth-order valence-corrected chi connectivity index (χ4v) is 7.80. The average Bonchev–Trinajstić information content (AvgIpc) is 3.37. The molecule has 218 valence electrons. The smallest absolute Gasteiger partial charge is 0.410 e. The second kappa shape index (κ2) is 12.1. The lowest BCUT2D eigenvalue weighted by Crippen LogP contribution is -2.55. The molecule has 2 saturated heterocycles. The largest absolute Gasteiger partial charge is 0.490 e. The maximum Gasteiger partial charge on any atom is 0.410 e. The van der Waals surface area contributed by atoms with Crippen molar-refractivity contribution in [1.29, 1.82) is 0 Å². The van der Waals surface area contributed by atoms with E-state index in [1.165, 1.54) is 6.07 Å². The fraction of sp³-hybridized carbons (Fsp3) is 0.581. The van der Waals surface area contributed by atoms with Crippen molar-refractivity contribution >= 4 is 29.5 Å². The van der Waals surface area contributed by atoms with Gasteiger partial charge in [-0.25, -0.2) is 13.6 Å². The van der Waals surface area contributed by atoms with Gasteiger partial charge in [0.25, 0.3) is 0 Å². The first-order chi connectivity index (χ1) is 19.1. The zero-order valence-corrected chi connectivity index (χ0v) is 25.0. The minimum absolute atomic E-state index is 0.0312. The SMILES string of the molecule is CC(C)(C)OC(=O)N1CCC[C@@H]1CSCC[C@@H]1OCC[C@@]2(Cc3ccc(Cl)cc3)c3c(F)ccc(F)c3OC[C@@H]12. The molecule has 9 heteroatoms. The quantitative estimate of drug-likeness (QED) is 0.313. The molecule has 5 nitrogen and oxygen atoms in total. The molecule has 0 radical (unpaired) electrons. The molecule has 2 aromatic rings. The topological polar surface area (TPSA) is 48.0 Å². The summed E-state index contributed by atoms with van der Waals surface area (Å²) < 4.78 is 48.1. The Morgan fingerprint density at radius 3 is 2.67 bits per heavy atom. The highest BCUT2D eigenvalue weighted by atomic mass is 35.5. The molecule has 0 unspecified atom stereocenters. The molecule has 1 amide bonds. The summed E-state index contributed by atoms with van der Waals surface area (Å²) in [5.41, 5.74) is 0.181. The third kappa shape index (κ3) is 6.24. The van der Waals surface area contributed by atoms with E-state index in [1.54, 1.807) is 11.8 Å². The predicted molar refractivity (Wildman–Crippen MR) is 154 cm³/mol. The molecule has 3 aliphatic rings. The molecule has 0 saturated carbocycles. The highest BCUT2D eigenvalue weighted by molar-refractivity contribution is 7.99. The second-order valence-corrected chi connectivity index (χ2v) is 13.7. The first-order valence-corrected chi connectivity index (χ1v) is 15.7. The van der Waals surface area contributed by atoms with Crippen LogP contribution in [0.2, 0.25) is 5.02 Å². The Balaban J connectivity index is 1.30. The van der Waals surface area contributed by atoms with Gasteiger partial charge in [-0.2, -0.15) is 11.8 Å². The normalized spacial score (nSPS) is 26.1. The van der Waals surface area contributed by atoms with Crippen LogP contribution in [-0.2, 0) is 21.3 Å². The van der Waals surface area contributed by atoms with Gasteiger partial charge in [-0.05, 0) is 88.5 Å². The van der Waals surface area contributed by atoms with E-state index in [-0.39, 0.29) is 36.5 Å². The number of amides is 1. The minimum Gasteiger partial charge on any atom is -0.490 e. The van der Waals surface area contributed by atoms with Gasteiger partial charge in [0.2, 0.25) is 0 Å². The molecule has 0 N–H and O–H groups in total. The maximum atomic E-state index is 15.5. The van der Waals surface area contributed by atoms with Gasteiger partial charge in [0.15, 0.2) is 11.6 Å². The number of hydrogen-bond donors (Lipinski definition) is 0. The van der Waals surface area contributed by atoms with E-state index in [9.17, 15) is 9.18 Å². The van der Waals surface area contributed by atoms with Crippen molar-refractivity contribution in [3.05, 3.63) is 64.2 Å². The van der Waals surface area contributed by atoms with Gasteiger partial charge in [-0.15, -0.1) is 0 Å². The number of carbonyl (C=O) groups excluding carboxylic acids is 1. The van der Waals surface area contributed by atoms with Crippen molar-refractivity contribution in [3.63, 3.8) is 0 Å². The van der Waals surface area contributed by atoms with E-state index in [2.05, 4.69) is 0 Å². The van der Waals surface area contributed by atoms with Crippen LogP contribution in [0, 0.1) is 17.6 Å². The van der Waals surface area contributed by atoms with E-state index in [1.807, 2.05) is 49.9 Å². The number of carbonyl (C=O) groups is 1. The average molecular weight is 594 g/mol. The molecule has 0 bridgehead atoms. The number of ether oxygens (including phenoxy) is 3. The summed E-state index contributed by atoms with van der Waals surface area (Å²) >= 11 is 7.93. The monoisotopic (exact) mass is 593 g/mol. The van der Waals surface area contributed by atoms with E-state index in [0.29, 0.717) is 30.0 Å². The third-order valence-electron chi connectivity index (χ3n) is 8.30. The molecule has 3 aliphatic heterocycles. The van der Waals surface area contributed by atoms with Crippen LogP contribution in [0.4, 0.5) is 13.6 Å². The summed E-state index contributed by atoms with van der Waals surface area (Å²) in [5.74, 6) is 0.583. The molecule has 40 heavy (non-hydrogen) atoms. The molecule has 0 aliphatic carbocycles. The number of rotatable bonds is 7. The second-order valence-electron chi connectivity index (χ2n) is 12.1. The lowest BCUT2D eigenvalue weighted by molar-refractivity contribution is -0.0962. The zero-order valence-electron chi connectivity index (χ0n) is 23.4. The van der Waals surface area contributed by atoms with Gasteiger partial charge < -0.3 is 19.1 Å². The number of hydrogen-bond acceptors (Lipinski definition) is 5. The van der Waals surface area contributed by atoms with Crippen molar-refractivity contribution in [2.75, 3.05) is 31.3 Å². The summed E-state index contributed by atoms with van der Waals surface area (Å²) in [5, 5.41) is 0.636. The van der Waals surface area contributed by atoms with Gasteiger partial charge in [0.1, 0.15) is 11.4 Å². The molecule has 0 spiro atoms. The summed E-state index contributed by atoms with van der Waals surface area (Å²) in [6.07, 6.45) is 3.42. The summed E-state index contributed by atoms with van der Waals surface area (Å²) in [4.78, 5) is 14.5. The van der Waals surface area contributed by atoms with Crippen LogP contribution in [0.15, 0.2) is 36.4 Å². The third-order valence-corrected chi connectivity index (χ3v) is 9.69. The van der Waals surface area contributed by atoms with Crippen LogP contribution >= 0.6 is 23.4 Å². The maximum absolute atomic E-state index is 15.5. The van der Waals surface area contributed by atoms with Crippen molar-refractivity contribution in [2.24, 2.45) is 5.92 Å². The first-order valence-electron chi connectivity index (χ1n) is 14.1. The number of nitrogens with zero attached hydrogens (tertiary/aromatic N) is 1. The van der Waals surface area contributed by atoms with Gasteiger partial charge in [-0.1, -0.05) is 23.7 Å². The van der Waals surface area contributed by atoms with E-state index >= 15 is 4.39 Å². The number of likely N-dealkylation sites (tertiary alicyclic amines) is 1. The standard InChI is InChI=1S/C31H38ClF2NO4S/c1-30(2,3)39-29(36)35-14-4-5-22(35)19-40-16-12-26-23-18-38-28-25(34)11-10-24(33)27(28)31(23,13-15-37-26)17-20-6-8-21(32)9-7-20/h6-11,22-23,26H,4-5,12-19H2,1-3H3/t22-,23+,26+,31+/m1/s1. The Bertz CT molecular complexity index is 1210. The zero-order chi connectivity index (χ0) is 28.5. The number of thioether (sulfide) groups is 1. The highest BCUT2D eigenvalue weighted by Gasteiger charge is 2.53. The van der Waals surface area contributed by atoms with Gasteiger partial charge in [0, 0.05) is 46.9 Å². The molecule has 3 heterocycles. The summed E-state index contributed by atoms with van der Waals surface area (Å²) in [6.45, 7) is 7.11. The number of halogens is 3. The molecule has 0 aromatic heterocycles. The minimum atomic E-state index is -0.653. The summed E-state index contributed by atoms with van der Waals surface area (Å²) in [6, 6.07) is 10.1. The van der Waals surface area contributed by atoms with Crippen LogP contribution in [0.5, 0.6) is 5.75 Å². The molecule has 2 aromatic carbocycles. The Morgan fingerprint density at radius 1 is 1.18 bits per heavy atom. The lowest BCUT2D eigenvalue weighted by atomic mass is 9.60. The van der Waals surface area contributed by atoms with E-state index in [4.69, 9.17) is 25.8 Å². The van der Waals surface area contributed by atoms with Gasteiger partial charge >= 0.3 is 6.09 Å². The Labute approximate surface area is 244 Å². The summed E-state index contributed by atoms with van der Waals surface area (Å²) in [7, 11) is 0. The van der Waals surface area contributed by atoms with Crippen molar-refractivity contribution in [3.8, 4) is 5.75 Å². The van der Waals surface area contributed by atoms with Gasteiger partial charge in [-0.3, -0.25) is 0 Å². The van der Waals surface area contributed by atoms with Crippen LogP contribution < -0.4 is 4.74 Å². The van der Waals surface area contributed by atoms with E-state index < -0.39 is 22.7 Å². The van der Waals surface area contributed by atoms with Crippen LogP contribution in [0.3, 0.4) is 0 Å². The molecule has 4 atom stereocenters. The Hall–Kier alpha value is -2.03. The molecule has 5 rings (SSSR count). The fourth-order valence-electron chi connectivity index (χ4n) is 6.49. The first kappa shape index (κ1) is 29.5. The molecular formula is C31H38ClF2NO4S. The van der Waals surface area contributed by atoms with Crippen molar-refractivity contribution in [2.45, 2.75) is 76.0 Å². The van der Waals surface area contributed by atoms with Crippen molar-refractivity contribution < 1.29 is 27.8 Å².